The average Bonchev–Trinajstić information content (AvgIpc) is 3.05. The van der Waals surface area contributed by atoms with Crippen molar-refractivity contribution >= 4 is 24.2 Å². The first-order valence-electron chi connectivity index (χ1n) is 7.02. The first-order valence-corrected chi connectivity index (χ1v) is 7.40. The number of benzene rings is 1. The van der Waals surface area contributed by atoms with Crippen LogP contribution in [0.25, 0.3) is 5.69 Å². The van der Waals surface area contributed by atoms with E-state index in [0.717, 1.165) is 5.69 Å². The van der Waals surface area contributed by atoms with E-state index in [-0.39, 0.29) is 12.5 Å². The summed E-state index contributed by atoms with van der Waals surface area (Å²) >= 11 is 5.96. The number of allylic oxidation sites excluding steroid dienone is 3. The molecule has 0 unspecified atom stereocenters. The summed E-state index contributed by atoms with van der Waals surface area (Å²) in [5.41, 5.74) is 1.78. The second-order valence-electron chi connectivity index (χ2n) is 4.65. The molecule has 1 aromatic carbocycles. The molecule has 1 heterocycles. The molecular formula is C17H17ClN4O. The van der Waals surface area contributed by atoms with E-state index in [9.17, 15) is 4.79 Å². The molecule has 0 aliphatic carbocycles. The van der Waals surface area contributed by atoms with Crippen LogP contribution in [0.1, 0.15) is 17.4 Å². The van der Waals surface area contributed by atoms with Crippen LogP contribution in [0, 0.1) is 0 Å². The third kappa shape index (κ3) is 4.66. The molecule has 0 atom stereocenters. The summed E-state index contributed by atoms with van der Waals surface area (Å²) in [5.74, 6) is -0.277. The molecule has 2 aromatic rings. The minimum Gasteiger partial charge on any atom is -0.345 e. The summed E-state index contributed by atoms with van der Waals surface area (Å²) in [6.07, 6.45) is 7.21. The van der Waals surface area contributed by atoms with Crippen LogP contribution in [0.15, 0.2) is 65.4 Å². The summed E-state index contributed by atoms with van der Waals surface area (Å²) < 4.78 is 1.60. The maximum Gasteiger partial charge on any atom is 0.272 e. The molecule has 2 rings (SSSR count). The van der Waals surface area contributed by atoms with Gasteiger partial charge in [0, 0.05) is 11.2 Å². The molecule has 6 heteroatoms. The predicted molar refractivity (Wildman–Crippen MR) is 93.4 cm³/mol. The molecule has 1 amide bonds. The molecule has 0 bridgehead atoms. The highest BCUT2D eigenvalue weighted by Crippen LogP contribution is 2.14. The normalized spacial score (nSPS) is 11.7. The van der Waals surface area contributed by atoms with Crippen LogP contribution in [-0.4, -0.2) is 28.9 Å². The number of amides is 1. The maximum absolute atomic E-state index is 12.1. The number of hydrogen-bond acceptors (Lipinski definition) is 3. The lowest BCUT2D eigenvalue weighted by Gasteiger charge is -2.03. The third-order valence-electron chi connectivity index (χ3n) is 3.01. The van der Waals surface area contributed by atoms with Crippen LogP contribution >= 0.6 is 11.6 Å². The fourth-order valence-corrected chi connectivity index (χ4v) is 2.03. The zero-order valence-electron chi connectivity index (χ0n) is 12.7. The van der Waals surface area contributed by atoms with Gasteiger partial charge in [-0.05, 0) is 44.0 Å². The number of carbonyl (C=O) groups is 1. The smallest absolute Gasteiger partial charge is 0.272 e. The molecule has 0 saturated heterocycles. The van der Waals surface area contributed by atoms with Gasteiger partial charge in [-0.3, -0.25) is 9.79 Å². The number of rotatable bonds is 6. The third-order valence-corrected chi connectivity index (χ3v) is 3.24. The first kappa shape index (κ1) is 16.7. The average molecular weight is 329 g/mol. The van der Waals surface area contributed by atoms with Crippen LogP contribution in [0.3, 0.4) is 0 Å². The fraction of sp³-hybridized carbons (Fsp3) is 0.118. The van der Waals surface area contributed by atoms with E-state index < -0.39 is 0 Å². The number of halogens is 1. The van der Waals surface area contributed by atoms with E-state index in [0.29, 0.717) is 16.4 Å². The van der Waals surface area contributed by atoms with Crippen molar-refractivity contribution in [2.24, 2.45) is 4.99 Å². The van der Waals surface area contributed by atoms with Crippen molar-refractivity contribution in [3.63, 3.8) is 0 Å². The zero-order chi connectivity index (χ0) is 16.7. The SMILES string of the molecule is C=N/C(=C\C=C/C)CNC(=O)c1ccn(-c2cccc(Cl)c2)n1. The summed E-state index contributed by atoms with van der Waals surface area (Å²) in [6.45, 7) is 5.67. The van der Waals surface area contributed by atoms with Gasteiger partial charge < -0.3 is 5.32 Å². The monoisotopic (exact) mass is 328 g/mol. The van der Waals surface area contributed by atoms with Gasteiger partial charge in [0.25, 0.3) is 5.91 Å². The molecule has 5 nitrogen and oxygen atoms in total. The summed E-state index contributed by atoms with van der Waals surface area (Å²) in [4.78, 5) is 16.0. The van der Waals surface area contributed by atoms with E-state index in [2.05, 4.69) is 22.1 Å². The van der Waals surface area contributed by atoms with Crippen LogP contribution in [0.2, 0.25) is 5.02 Å². The number of nitrogens with one attached hydrogen (secondary N) is 1. The Bertz CT molecular complexity index is 761. The van der Waals surface area contributed by atoms with Gasteiger partial charge in [0.1, 0.15) is 0 Å². The first-order chi connectivity index (χ1) is 11.1. The molecule has 118 valence electrons. The maximum atomic E-state index is 12.1. The van der Waals surface area contributed by atoms with Gasteiger partial charge in [-0.15, -0.1) is 0 Å². The number of aliphatic imine (C=N–C) groups is 1. The molecule has 1 aromatic heterocycles. The Kier molecular flexibility index (Phi) is 5.88. The standard InChI is InChI=1S/C17H17ClN4O/c1-3-4-7-14(19-2)12-20-17(23)16-9-10-22(21-16)15-8-5-6-13(18)11-15/h3-11H,2,12H2,1H3,(H,20,23)/b4-3-,14-7-. The van der Waals surface area contributed by atoms with Gasteiger partial charge in [0.05, 0.1) is 17.9 Å². The van der Waals surface area contributed by atoms with E-state index in [1.54, 1.807) is 35.2 Å². The van der Waals surface area contributed by atoms with Crippen molar-refractivity contribution in [2.45, 2.75) is 6.92 Å². The second-order valence-corrected chi connectivity index (χ2v) is 5.09. The summed E-state index contributed by atoms with van der Waals surface area (Å²) in [5, 5.41) is 7.62. The highest BCUT2D eigenvalue weighted by molar-refractivity contribution is 6.30. The van der Waals surface area contributed by atoms with Gasteiger partial charge in [0.15, 0.2) is 5.69 Å². The Morgan fingerprint density at radius 3 is 3.00 bits per heavy atom. The summed E-state index contributed by atoms with van der Waals surface area (Å²) in [6, 6.07) is 8.89. The molecule has 0 fully saturated rings. The molecule has 0 aliphatic heterocycles. The highest BCUT2D eigenvalue weighted by atomic mass is 35.5. The lowest BCUT2D eigenvalue weighted by Crippen LogP contribution is -2.25. The van der Waals surface area contributed by atoms with Crippen molar-refractivity contribution < 1.29 is 4.79 Å². The van der Waals surface area contributed by atoms with Gasteiger partial charge in [0.2, 0.25) is 0 Å². The van der Waals surface area contributed by atoms with Crippen molar-refractivity contribution in [2.75, 3.05) is 6.54 Å². The molecule has 0 spiro atoms. The zero-order valence-corrected chi connectivity index (χ0v) is 13.5. The molecule has 0 aliphatic rings. The number of carbonyl (C=O) groups excluding carboxylic acids is 1. The Hall–Kier alpha value is -2.66. The van der Waals surface area contributed by atoms with Crippen molar-refractivity contribution in [3.05, 3.63) is 71.2 Å². The van der Waals surface area contributed by atoms with Crippen LogP contribution in [0.4, 0.5) is 0 Å². The quantitative estimate of drug-likeness (QED) is 0.652. The topological polar surface area (TPSA) is 59.3 Å². The van der Waals surface area contributed by atoms with E-state index in [1.807, 2.05) is 31.2 Å². The van der Waals surface area contributed by atoms with E-state index in [1.165, 1.54) is 0 Å². The Morgan fingerprint density at radius 1 is 1.48 bits per heavy atom. The van der Waals surface area contributed by atoms with Crippen LogP contribution in [0.5, 0.6) is 0 Å². The highest BCUT2D eigenvalue weighted by Gasteiger charge is 2.10. The lowest BCUT2D eigenvalue weighted by atomic mass is 10.3. The van der Waals surface area contributed by atoms with Crippen LogP contribution < -0.4 is 5.32 Å². The molecule has 1 N–H and O–H groups in total. The summed E-state index contributed by atoms with van der Waals surface area (Å²) in [7, 11) is 0. The van der Waals surface area contributed by atoms with Crippen LogP contribution in [-0.2, 0) is 0 Å². The predicted octanol–water partition coefficient (Wildman–Crippen LogP) is 3.42. The Balaban J connectivity index is 2.05. The van der Waals surface area contributed by atoms with Gasteiger partial charge in [-0.25, -0.2) is 4.68 Å². The van der Waals surface area contributed by atoms with Crippen molar-refractivity contribution in [1.82, 2.24) is 15.1 Å². The van der Waals surface area contributed by atoms with E-state index >= 15 is 0 Å². The van der Waals surface area contributed by atoms with Crippen molar-refractivity contribution in [3.8, 4) is 5.69 Å². The number of hydrogen-bond donors (Lipinski definition) is 1. The minimum absolute atomic E-state index is 0.277. The number of nitrogens with zero attached hydrogens (tertiary/aromatic N) is 3. The van der Waals surface area contributed by atoms with Gasteiger partial charge in [-0.1, -0.05) is 29.8 Å². The Labute approximate surface area is 140 Å². The second kappa shape index (κ2) is 8.10. The molecular weight excluding hydrogens is 312 g/mol. The fourth-order valence-electron chi connectivity index (χ4n) is 1.84. The molecule has 0 saturated carbocycles. The van der Waals surface area contributed by atoms with Gasteiger partial charge >= 0.3 is 0 Å². The number of aromatic nitrogens is 2. The largest absolute Gasteiger partial charge is 0.345 e. The Morgan fingerprint density at radius 2 is 2.30 bits per heavy atom. The van der Waals surface area contributed by atoms with Crippen molar-refractivity contribution in [1.29, 1.82) is 0 Å². The van der Waals surface area contributed by atoms with E-state index in [4.69, 9.17) is 11.6 Å². The minimum atomic E-state index is -0.277. The molecule has 23 heavy (non-hydrogen) atoms. The molecule has 0 radical (unpaired) electrons. The lowest BCUT2D eigenvalue weighted by molar-refractivity contribution is 0.0951. The van der Waals surface area contributed by atoms with Gasteiger partial charge in [-0.2, -0.15) is 5.10 Å².